The van der Waals surface area contributed by atoms with Crippen LogP contribution in [0.5, 0.6) is 0 Å². The average Bonchev–Trinajstić information content (AvgIpc) is 3.43. The zero-order valence-electron chi connectivity index (χ0n) is 21.1. The van der Waals surface area contributed by atoms with E-state index in [9.17, 15) is 19.6 Å². The SMILES string of the molecule is CC(C)C[C@@H](C(=O)N1C[C@]2(C[C@H]1C#N)C(=O)Nc1ccccc12)N(C)C(=O)c1cc2ccccc2cn1. The predicted octanol–water partition coefficient (Wildman–Crippen LogP) is 3.74. The van der Waals surface area contributed by atoms with E-state index in [0.29, 0.717) is 12.1 Å². The number of rotatable bonds is 5. The number of hydrogen-bond donors (Lipinski definition) is 1. The van der Waals surface area contributed by atoms with Gasteiger partial charge in [0, 0.05) is 37.3 Å². The highest BCUT2D eigenvalue weighted by Gasteiger charge is 2.56. The molecule has 3 amide bonds. The molecule has 3 aromatic rings. The second kappa shape index (κ2) is 9.32. The molecule has 1 saturated heterocycles. The Bertz CT molecular complexity index is 1440. The number of likely N-dealkylation sites (N-methyl/N-ethyl adjacent to an activating group) is 1. The standard InChI is InChI=1S/C29H29N5O3/c1-18(2)12-25(33(3)26(35)24-13-19-8-4-5-9-20(19)16-31-24)27(36)34-17-29(14-21(34)15-30)22-10-6-7-11-23(22)32-28(29)37/h4-11,13,16,18,21,25H,12,14,17H2,1-3H3,(H,32,37)/t21-,25-,29-/m0/s1. The maximum Gasteiger partial charge on any atom is 0.272 e. The minimum Gasteiger partial charge on any atom is -0.328 e. The molecule has 0 bridgehead atoms. The highest BCUT2D eigenvalue weighted by molar-refractivity contribution is 6.07. The number of pyridine rings is 1. The lowest BCUT2D eigenvalue weighted by Gasteiger charge is -2.33. The van der Waals surface area contributed by atoms with Gasteiger partial charge in [0.1, 0.15) is 17.8 Å². The molecule has 3 heterocycles. The van der Waals surface area contributed by atoms with Crippen LogP contribution in [0.2, 0.25) is 0 Å². The molecule has 0 radical (unpaired) electrons. The number of anilines is 1. The van der Waals surface area contributed by atoms with Gasteiger partial charge in [-0.1, -0.05) is 56.3 Å². The minimum atomic E-state index is -0.975. The molecule has 0 unspecified atom stereocenters. The zero-order valence-corrected chi connectivity index (χ0v) is 21.1. The Labute approximate surface area is 215 Å². The topological polar surface area (TPSA) is 106 Å². The van der Waals surface area contributed by atoms with Crippen LogP contribution in [0.15, 0.2) is 60.8 Å². The second-order valence-electron chi connectivity index (χ2n) is 10.4. The molecular weight excluding hydrogens is 466 g/mol. The number of benzene rings is 2. The number of hydrogen-bond acceptors (Lipinski definition) is 5. The number of carbonyl (C=O) groups excluding carboxylic acids is 3. The maximum absolute atomic E-state index is 14.0. The van der Waals surface area contributed by atoms with Gasteiger partial charge in [-0.25, -0.2) is 0 Å². The molecule has 3 atom stereocenters. The number of aromatic nitrogens is 1. The highest BCUT2D eigenvalue weighted by Crippen LogP contribution is 2.46. The van der Waals surface area contributed by atoms with Crippen molar-refractivity contribution in [3.63, 3.8) is 0 Å². The van der Waals surface area contributed by atoms with E-state index in [1.165, 1.54) is 9.80 Å². The first-order chi connectivity index (χ1) is 17.7. The summed E-state index contributed by atoms with van der Waals surface area (Å²) < 4.78 is 0. The van der Waals surface area contributed by atoms with Crippen LogP contribution in [0.1, 0.15) is 42.7 Å². The van der Waals surface area contributed by atoms with Gasteiger partial charge in [-0.3, -0.25) is 19.4 Å². The number of likely N-dealkylation sites (tertiary alicyclic amines) is 1. The molecule has 2 aliphatic rings. The Balaban J connectivity index is 1.46. The molecule has 2 aliphatic heterocycles. The summed E-state index contributed by atoms with van der Waals surface area (Å²) in [7, 11) is 1.61. The normalized spacial score (nSPS) is 21.1. The average molecular weight is 496 g/mol. The van der Waals surface area contributed by atoms with Crippen molar-refractivity contribution >= 4 is 34.2 Å². The van der Waals surface area contributed by atoms with E-state index in [2.05, 4.69) is 16.4 Å². The number of carbonyl (C=O) groups is 3. The van der Waals surface area contributed by atoms with Gasteiger partial charge in [-0.2, -0.15) is 5.26 Å². The summed E-state index contributed by atoms with van der Waals surface area (Å²) in [5.41, 5.74) is 0.798. The molecule has 1 N–H and O–H groups in total. The van der Waals surface area contributed by atoms with Crippen LogP contribution >= 0.6 is 0 Å². The van der Waals surface area contributed by atoms with Crippen molar-refractivity contribution in [2.24, 2.45) is 5.92 Å². The molecule has 1 aromatic heterocycles. The third-order valence-corrected chi connectivity index (χ3v) is 7.53. The number of nitrogens with one attached hydrogen (secondary N) is 1. The van der Waals surface area contributed by atoms with E-state index >= 15 is 0 Å². The van der Waals surface area contributed by atoms with Crippen molar-refractivity contribution in [1.29, 1.82) is 5.26 Å². The van der Waals surface area contributed by atoms with Crippen molar-refractivity contribution in [1.82, 2.24) is 14.8 Å². The molecule has 37 heavy (non-hydrogen) atoms. The number of para-hydroxylation sites is 1. The Morgan fingerprint density at radius 3 is 2.62 bits per heavy atom. The minimum absolute atomic E-state index is 0.0950. The van der Waals surface area contributed by atoms with Gasteiger partial charge in [0.15, 0.2) is 0 Å². The number of fused-ring (bicyclic) bond motifs is 3. The molecule has 1 fully saturated rings. The van der Waals surface area contributed by atoms with Crippen LogP contribution in [0, 0.1) is 17.2 Å². The fraction of sp³-hybridized carbons (Fsp3) is 0.345. The van der Waals surface area contributed by atoms with Crippen LogP contribution in [-0.4, -0.2) is 58.2 Å². The molecule has 0 saturated carbocycles. The summed E-state index contributed by atoms with van der Waals surface area (Å²) in [6.07, 6.45) is 2.29. The summed E-state index contributed by atoms with van der Waals surface area (Å²) in [5, 5.41) is 14.7. The van der Waals surface area contributed by atoms with Crippen molar-refractivity contribution in [2.75, 3.05) is 18.9 Å². The van der Waals surface area contributed by atoms with Gasteiger partial charge >= 0.3 is 0 Å². The fourth-order valence-corrected chi connectivity index (χ4v) is 5.57. The molecule has 2 aromatic carbocycles. The first-order valence-electron chi connectivity index (χ1n) is 12.5. The van der Waals surface area contributed by atoms with Crippen LogP contribution in [0.3, 0.4) is 0 Å². The quantitative estimate of drug-likeness (QED) is 0.580. The van der Waals surface area contributed by atoms with E-state index in [-0.39, 0.29) is 42.3 Å². The number of amides is 3. The van der Waals surface area contributed by atoms with E-state index in [1.807, 2.05) is 62.4 Å². The van der Waals surface area contributed by atoms with Crippen LogP contribution in [0.4, 0.5) is 5.69 Å². The van der Waals surface area contributed by atoms with Crippen LogP contribution in [0.25, 0.3) is 10.8 Å². The van der Waals surface area contributed by atoms with Crippen molar-refractivity contribution in [2.45, 2.75) is 44.2 Å². The highest BCUT2D eigenvalue weighted by atomic mass is 16.2. The summed E-state index contributed by atoms with van der Waals surface area (Å²) in [6, 6.07) is 17.4. The van der Waals surface area contributed by atoms with Gasteiger partial charge in [0.2, 0.25) is 11.8 Å². The van der Waals surface area contributed by atoms with E-state index in [4.69, 9.17) is 0 Å². The van der Waals surface area contributed by atoms with Crippen molar-refractivity contribution < 1.29 is 14.4 Å². The fourth-order valence-electron chi connectivity index (χ4n) is 5.57. The second-order valence-corrected chi connectivity index (χ2v) is 10.4. The van der Waals surface area contributed by atoms with E-state index in [1.54, 1.807) is 19.3 Å². The Morgan fingerprint density at radius 2 is 1.89 bits per heavy atom. The van der Waals surface area contributed by atoms with E-state index in [0.717, 1.165) is 16.3 Å². The summed E-state index contributed by atoms with van der Waals surface area (Å²) in [6.45, 7) is 4.07. The first kappa shape index (κ1) is 24.4. The molecular formula is C29H29N5O3. The molecule has 5 rings (SSSR count). The summed E-state index contributed by atoms with van der Waals surface area (Å²) >= 11 is 0. The first-order valence-corrected chi connectivity index (χ1v) is 12.5. The molecule has 8 nitrogen and oxygen atoms in total. The maximum atomic E-state index is 14.0. The lowest BCUT2D eigenvalue weighted by molar-refractivity contribution is -0.136. The third kappa shape index (κ3) is 4.10. The van der Waals surface area contributed by atoms with Crippen LogP contribution < -0.4 is 5.32 Å². The predicted molar refractivity (Wildman–Crippen MR) is 140 cm³/mol. The van der Waals surface area contributed by atoms with Gasteiger partial charge in [0.25, 0.3) is 5.91 Å². The van der Waals surface area contributed by atoms with Gasteiger partial charge in [-0.05, 0) is 35.4 Å². The smallest absolute Gasteiger partial charge is 0.272 e. The lowest BCUT2D eigenvalue weighted by Crippen LogP contribution is -2.52. The van der Waals surface area contributed by atoms with Crippen molar-refractivity contribution in [3.8, 4) is 6.07 Å². The Kier molecular flexibility index (Phi) is 6.16. The van der Waals surface area contributed by atoms with Gasteiger partial charge in [0.05, 0.1) is 11.5 Å². The summed E-state index contributed by atoms with van der Waals surface area (Å²) in [5.74, 6) is -0.780. The zero-order chi connectivity index (χ0) is 26.3. The van der Waals surface area contributed by atoms with Gasteiger partial charge < -0.3 is 15.1 Å². The Hall–Kier alpha value is -4.25. The van der Waals surface area contributed by atoms with Crippen molar-refractivity contribution in [3.05, 3.63) is 72.1 Å². The third-order valence-electron chi connectivity index (χ3n) is 7.53. The largest absolute Gasteiger partial charge is 0.328 e. The van der Waals surface area contributed by atoms with Gasteiger partial charge in [-0.15, -0.1) is 0 Å². The van der Waals surface area contributed by atoms with E-state index < -0.39 is 17.5 Å². The monoisotopic (exact) mass is 495 g/mol. The molecule has 188 valence electrons. The molecule has 0 aliphatic carbocycles. The number of nitrogens with zero attached hydrogens (tertiary/aromatic N) is 4. The van der Waals surface area contributed by atoms with Crippen LogP contribution in [-0.2, 0) is 15.0 Å². The summed E-state index contributed by atoms with van der Waals surface area (Å²) in [4.78, 5) is 47.9. The Morgan fingerprint density at radius 1 is 1.19 bits per heavy atom. The molecule has 8 heteroatoms. The molecule has 1 spiro atoms. The lowest BCUT2D eigenvalue weighted by atomic mass is 9.80. The number of nitriles is 1.